The van der Waals surface area contributed by atoms with E-state index in [0.29, 0.717) is 72.1 Å². The normalized spacial score (nSPS) is 13.6. The molecule has 2 N–H and O–H groups in total. The van der Waals surface area contributed by atoms with Gasteiger partial charge >= 0.3 is 6.09 Å². The third-order valence-corrected chi connectivity index (χ3v) is 8.45. The Morgan fingerprint density at radius 2 is 1.70 bits per heavy atom. The first-order valence-electron chi connectivity index (χ1n) is 16.4. The number of aromatic nitrogens is 4. The Kier molecular flexibility index (Phi) is 9.84. The SMILES string of the molecule is COc1ccc(CNc2ncnc3c(C4CCN(C(=O)OC(C)(C)C)CC4)nn(-c4ccc(C(=O)Nc5ccccc5F)cc4)c23)c(OC)c1. The molecule has 0 atom stereocenters. The Hall–Kier alpha value is -5.72. The van der Waals surface area contributed by atoms with Gasteiger partial charge in [0.05, 0.1) is 31.3 Å². The number of ether oxygens (including phenoxy) is 3. The van der Waals surface area contributed by atoms with Crippen LogP contribution in [0.4, 0.5) is 20.7 Å². The van der Waals surface area contributed by atoms with E-state index in [4.69, 9.17) is 24.3 Å². The molecular weight excluding hydrogens is 641 g/mol. The van der Waals surface area contributed by atoms with Crippen LogP contribution in [-0.4, -0.2) is 69.6 Å². The molecule has 1 saturated heterocycles. The molecule has 2 amide bonds. The van der Waals surface area contributed by atoms with Gasteiger partial charge in [0.25, 0.3) is 5.91 Å². The molecule has 0 unspecified atom stereocenters. The number of piperidine rings is 1. The van der Waals surface area contributed by atoms with Crippen LogP contribution in [-0.2, 0) is 11.3 Å². The monoisotopic (exact) mass is 681 g/mol. The zero-order valence-corrected chi connectivity index (χ0v) is 28.7. The molecule has 0 aliphatic carbocycles. The molecule has 0 saturated carbocycles. The van der Waals surface area contributed by atoms with Crippen molar-refractivity contribution in [3.63, 3.8) is 0 Å². The van der Waals surface area contributed by atoms with Gasteiger partial charge in [0.2, 0.25) is 0 Å². The number of para-hydroxylation sites is 1. The zero-order chi connectivity index (χ0) is 35.4. The Bertz CT molecular complexity index is 2000. The second-order valence-corrected chi connectivity index (χ2v) is 13.0. The summed E-state index contributed by atoms with van der Waals surface area (Å²) in [6.45, 7) is 7.00. The van der Waals surface area contributed by atoms with Gasteiger partial charge in [-0.2, -0.15) is 5.10 Å². The van der Waals surface area contributed by atoms with Gasteiger partial charge < -0.3 is 29.7 Å². The van der Waals surface area contributed by atoms with Gasteiger partial charge in [-0.1, -0.05) is 12.1 Å². The summed E-state index contributed by atoms with van der Waals surface area (Å²) in [6, 6.07) is 18.5. The Labute approximate surface area is 289 Å². The topological polar surface area (TPSA) is 133 Å². The number of rotatable bonds is 9. The maximum Gasteiger partial charge on any atom is 0.410 e. The fourth-order valence-corrected chi connectivity index (χ4v) is 5.91. The van der Waals surface area contributed by atoms with Crippen molar-refractivity contribution < 1.29 is 28.2 Å². The minimum atomic E-state index is -0.576. The number of benzene rings is 3. The molecule has 12 nitrogen and oxygen atoms in total. The molecule has 13 heteroatoms. The van der Waals surface area contributed by atoms with Crippen LogP contribution in [0.2, 0.25) is 0 Å². The molecule has 2 aromatic heterocycles. The van der Waals surface area contributed by atoms with E-state index in [2.05, 4.69) is 15.6 Å². The summed E-state index contributed by atoms with van der Waals surface area (Å²) in [5, 5.41) is 11.2. The van der Waals surface area contributed by atoms with Crippen molar-refractivity contribution in [1.29, 1.82) is 0 Å². The fraction of sp³-hybridized carbons (Fsp3) is 0.324. The average molecular weight is 682 g/mol. The van der Waals surface area contributed by atoms with Crippen molar-refractivity contribution in [2.45, 2.75) is 51.7 Å². The number of anilines is 2. The lowest BCUT2D eigenvalue weighted by atomic mass is 9.93. The number of methoxy groups -OCH3 is 2. The molecule has 0 spiro atoms. The van der Waals surface area contributed by atoms with Crippen LogP contribution in [0.1, 0.15) is 61.1 Å². The van der Waals surface area contributed by atoms with Gasteiger partial charge in [0, 0.05) is 42.7 Å². The van der Waals surface area contributed by atoms with Crippen molar-refractivity contribution in [1.82, 2.24) is 24.6 Å². The molecule has 260 valence electrons. The molecule has 5 aromatic rings. The second kappa shape index (κ2) is 14.4. The maximum atomic E-state index is 14.2. The minimum absolute atomic E-state index is 0.0210. The van der Waals surface area contributed by atoms with Crippen LogP contribution < -0.4 is 20.1 Å². The van der Waals surface area contributed by atoms with Crippen molar-refractivity contribution in [3.8, 4) is 17.2 Å². The number of hydrogen-bond donors (Lipinski definition) is 2. The van der Waals surface area contributed by atoms with Crippen molar-refractivity contribution in [2.24, 2.45) is 0 Å². The summed E-state index contributed by atoms with van der Waals surface area (Å²) in [6.07, 6.45) is 2.54. The summed E-state index contributed by atoms with van der Waals surface area (Å²) in [4.78, 5) is 36.8. The predicted molar refractivity (Wildman–Crippen MR) is 188 cm³/mol. The number of amides is 2. The van der Waals surface area contributed by atoms with Crippen LogP contribution in [0.3, 0.4) is 0 Å². The first-order chi connectivity index (χ1) is 24.0. The van der Waals surface area contributed by atoms with Gasteiger partial charge in [0.1, 0.15) is 40.3 Å². The van der Waals surface area contributed by atoms with Crippen molar-refractivity contribution in [3.05, 3.63) is 95.7 Å². The summed E-state index contributed by atoms with van der Waals surface area (Å²) in [5.41, 5.74) is 3.58. The second-order valence-electron chi connectivity index (χ2n) is 13.0. The smallest absolute Gasteiger partial charge is 0.410 e. The Morgan fingerprint density at radius 3 is 2.38 bits per heavy atom. The Morgan fingerprint density at radius 1 is 0.960 bits per heavy atom. The third kappa shape index (κ3) is 7.46. The van der Waals surface area contributed by atoms with E-state index in [9.17, 15) is 14.0 Å². The highest BCUT2D eigenvalue weighted by atomic mass is 19.1. The highest BCUT2D eigenvalue weighted by Gasteiger charge is 2.31. The van der Waals surface area contributed by atoms with Crippen LogP contribution >= 0.6 is 0 Å². The van der Waals surface area contributed by atoms with Gasteiger partial charge in [0.15, 0.2) is 5.82 Å². The number of halogens is 1. The van der Waals surface area contributed by atoms with Crippen LogP contribution in [0.15, 0.2) is 73.1 Å². The highest BCUT2D eigenvalue weighted by Crippen LogP contribution is 2.36. The van der Waals surface area contributed by atoms with E-state index in [1.54, 1.807) is 60.2 Å². The largest absolute Gasteiger partial charge is 0.497 e. The molecule has 3 heterocycles. The summed E-state index contributed by atoms with van der Waals surface area (Å²) < 4.78 is 32.5. The molecule has 3 aromatic carbocycles. The van der Waals surface area contributed by atoms with Gasteiger partial charge in [-0.05, 0) is 82.1 Å². The van der Waals surface area contributed by atoms with Crippen molar-refractivity contribution in [2.75, 3.05) is 37.9 Å². The van der Waals surface area contributed by atoms with E-state index in [0.717, 1.165) is 11.3 Å². The van der Waals surface area contributed by atoms with E-state index >= 15 is 0 Å². The fourth-order valence-electron chi connectivity index (χ4n) is 5.91. The third-order valence-electron chi connectivity index (χ3n) is 8.45. The molecular formula is C37H40FN7O5. The maximum absolute atomic E-state index is 14.2. The van der Waals surface area contributed by atoms with Crippen molar-refractivity contribution >= 4 is 34.5 Å². The number of nitrogens with one attached hydrogen (secondary N) is 2. The van der Waals surface area contributed by atoms with Crippen LogP contribution in [0.5, 0.6) is 11.5 Å². The van der Waals surface area contributed by atoms with Gasteiger partial charge in [-0.15, -0.1) is 0 Å². The molecule has 0 radical (unpaired) electrons. The first-order valence-corrected chi connectivity index (χ1v) is 16.4. The number of carbonyl (C=O) groups is 2. The number of carbonyl (C=O) groups excluding carboxylic acids is 2. The van der Waals surface area contributed by atoms with E-state index in [1.807, 2.05) is 39.0 Å². The van der Waals surface area contributed by atoms with Crippen LogP contribution in [0, 0.1) is 5.82 Å². The quantitative estimate of drug-likeness (QED) is 0.170. The number of likely N-dealkylation sites (tertiary alicyclic amines) is 1. The molecule has 6 rings (SSSR count). The zero-order valence-electron chi connectivity index (χ0n) is 28.7. The summed E-state index contributed by atoms with van der Waals surface area (Å²) in [5.74, 6) is 0.964. The lowest BCUT2D eigenvalue weighted by molar-refractivity contribution is 0.0204. The minimum Gasteiger partial charge on any atom is -0.497 e. The van der Waals surface area contributed by atoms with Gasteiger partial charge in [-0.3, -0.25) is 4.79 Å². The first kappa shape index (κ1) is 34.2. The molecule has 1 aliphatic rings. The molecule has 0 bridgehead atoms. The number of fused-ring (bicyclic) bond motifs is 1. The van der Waals surface area contributed by atoms with E-state index in [1.165, 1.54) is 18.5 Å². The molecule has 50 heavy (non-hydrogen) atoms. The number of hydrogen-bond acceptors (Lipinski definition) is 9. The average Bonchev–Trinajstić information content (AvgIpc) is 3.51. The summed E-state index contributed by atoms with van der Waals surface area (Å²) in [7, 11) is 3.21. The Balaban J connectivity index is 1.32. The predicted octanol–water partition coefficient (Wildman–Crippen LogP) is 6.95. The summed E-state index contributed by atoms with van der Waals surface area (Å²) >= 11 is 0. The number of nitrogens with zero attached hydrogens (tertiary/aromatic N) is 5. The van der Waals surface area contributed by atoms with E-state index in [-0.39, 0.29) is 17.7 Å². The highest BCUT2D eigenvalue weighted by molar-refractivity contribution is 6.04. The lowest BCUT2D eigenvalue weighted by Gasteiger charge is -2.32. The standard InChI is InChI=1S/C37H40FN7O5/c1-37(2,3)50-36(47)44-18-16-23(17-19-44)31-32-33(34(41-22-40-32)39-21-25-12-15-27(48-4)20-30(25)49-5)45(43-31)26-13-10-24(11-14-26)35(46)42-29-9-7-6-8-28(29)38/h6-15,20,22-23H,16-19,21H2,1-5H3,(H,42,46)(H,39,40,41). The van der Waals surface area contributed by atoms with Crippen LogP contribution in [0.25, 0.3) is 16.7 Å². The van der Waals surface area contributed by atoms with Gasteiger partial charge in [-0.25, -0.2) is 23.8 Å². The molecule has 1 aliphatic heterocycles. The lowest BCUT2D eigenvalue weighted by Crippen LogP contribution is -2.41. The molecule has 1 fully saturated rings. The van der Waals surface area contributed by atoms with E-state index < -0.39 is 17.3 Å².